The molecule has 2 rings (SSSR count). The molecule has 0 aliphatic rings. The van der Waals surface area contributed by atoms with Crippen LogP contribution in [0.25, 0.3) is 0 Å². The van der Waals surface area contributed by atoms with Crippen molar-refractivity contribution in [2.45, 2.75) is 13.5 Å². The molecule has 0 bridgehead atoms. The molecule has 1 N–H and O–H groups in total. The largest absolute Gasteiger partial charge is 0.365 e. The zero-order valence-corrected chi connectivity index (χ0v) is 12.7. The van der Waals surface area contributed by atoms with Crippen LogP contribution in [0.3, 0.4) is 0 Å². The Labute approximate surface area is 129 Å². The van der Waals surface area contributed by atoms with Crippen LogP contribution in [-0.4, -0.2) is 9.91 Å². The van der Waals surface area contributed by atoms with Gasteiger partial charge in [-0.2, -0.15) is 5.26 Å². The number of nitro groups is 1. The highest BCUT2D eigenvalue weighted by Gasteiger charge is 2.16. The first-order chi connectivity index (χ1) is 10.0. The summed E-state index contributed by atoms with van der Waals surface area (Å²) in [5.74, 6) is 0.528. The fourth-order valence-corrected chi connectivity index (χ4v) is 2.26. The Morgan fingerprint density at radius 3 is 2.95 bits per heavy atom. The molecule has 0 aliphatic heterocycles. The molecule has 6 nitrogen and oxygen atoms in total. The molecule has 1 heterocycles. The molecule has 7 heteroatoms. The Bertz CT molecular complexity index is 740. The van der Waals surface area contributed by atoms with Crippen LogP contribution >= 0.6 is 15.9 Å². The maximum absolute atomic E-state index is 10.8. The van der Waals surface area contributed by atoms with Crippen molar-refractivity contribution in [3.8, 4) is 6.07 Å². The molecule has 0 aliphatic carbocycles. The van der Waals surface area contributed by atoms with Crippen LogP contribution in [0.1, 0.15) is 16.7 Å². The van der Waals surface area contributed by atoms with E-state index in [0.717, 1.165) is 5.56 Å². The summed E-state index contributed by atoms with van der Waals surface area (Å²) in [5, 5.41) is 22.8. The molecular formula is C14H11BrN4O2. The van der Waals surface area contributed by atoms with Gasteiger partial charge in [-0.1, -0.05) is 12.1 Å². The third kappa shape index (κ3) is 3.35. The van der Waals surface area contributed by atoms with Gasteiger partial charge in [-0.05, 0) is 40.5 Å². The topological polar surface area (TPSA) is 91.8 Å². The summed E-state index contributed by atoms with van der Waals surface area (Å²) in [4.78, 5) is 14.4. The SMILES string of the molecule is Cc1c([N+](=O)[O-])cnc(NCc2cccc(C#N)c2)c1Br. The first-order valence-corrected chi connectivity index (χ1v) is 6.84. The van der Waals surface area contributed by atoms with Gasteiger partial charge in [0, 0.05) is 12.1 Å². The number of nitrogens with zero attached hydrogens (tertiary/aromatic N) is 3. The highest BCUT2D eigenvalue weighted by atomic mass is 79.9. The van der Waals surface area contributed by atoms with E-state index in [4.69, 9.17) is 5.26 Å². The molecule has 0 fully saturated rings. The number of hydrogen-bond donors (Lipinski definition) is 1. The van der Waals surface area contributed by atoms with Gasteiger partial charge in [-0.15, -0.1) is 0 Å². The van der Waals surface area contributed by atoms with Crippen molar-refractivity contribution in [2.75, 3.05) is 5.32 Å². The minimum absolute atomic E-state index is 0.0288. The van der Waals surface area contributed by atoms with Crippen LogP contribution in [0.4, 0.5) is 11.5 Å². The Balaban J connectivity index is 2.19. The van der Waals surface area contributed by atoms with E-state index in [2.05, 4.69) is 32.3 Å². The minimum atomic E-state index is -0.465. The molecule has 0 atom stereocenters. The van der Waals surface area contributed by atoms with E-state index in [1.165, 1.54) is 6.20 Å². The zero-order valence-electron chi connectivity index (χ0n) is 11.1. The van der Waals surface area contributed by atoms with E-state index in [1.54, 1.807) is 25.1 Å². The lowest BCUT2D eigenvalue weighted by Crippen LogP contribution is -2.04. The van der Waals surface area contributed by atoms with Crippen LogP contribution in [-0.2, 0) is 6.54 Å². The second-order valence-electron chi connectivity index (χ2n) is 4.35. The number of aromatic nitrogens is 1. The molecule has 1 aromatic heterocycles. The quantitative estimate of drug-likeness (QED) is 0.675. The molecule has 0 unspecified atom stereocenters. The van der Waals surface area contributed by atoms with Gasteiger partial charge >= 0.3 is 0 Å². The summed E-state index contributed by atoms with van der Waals surface area (Å²) in [6, 6.07) is 9.28. The normalized spacial score (nSPS) is 9.95. The monoisotopic (exact) mass is 346 g/mol. The first-order valence-electron chi connectivity index (χ1n) is 6.05. The van der Waals surface area contributed by atoms with Gasteiger partial charge in [-0.25, -0.2) is 4.98 Å². The van der Waals surface area contributed by atoms with E-state index in [0.29, 0.717) is 28.0 Å². The van der Waals surface area contributed by atoms with Gasteiger partial charge in [0.15, 0.2) is 0 Å². The number of hydrogen-bond acceptors (Lipinski definition) is 5. The number of nitriles is 1. The lowest BCUT2D eigenvalue weighted by molar-refractivity contribution is -0.385. The molecule has 0 saturated carbocycles. The molecule has 106 valence electrons. The van der Waals surface area contributed by atoms with Crippen molar-refractivity contribution in [3.63, 3.8) is 0 Å². The minimum Gasteiger partial charge on any atom is -0.365 e. The van der Waals surface area contributed by atoms with E-state index >= 15 is 0 Å². The summed E-state index contributed by atoms with van der Waals surface area (Å²) in [7, 11) is 0. The first kappa shape index (κ1) is 14.9. The van der Waals surface area contributed by atoms with Crippen molar-refractivity contribution >= 4 is 27.4 Å². The molecule has 1 aromatic carbocycles. The summed E-state index contributed by atoms with van der Waals surface area (Å²) in [6.07, 6.45) is 1.23. The number of halogens is 1. The van der Waals surface area contributed by atoms with Crippen molar-refractivity contribution in [1.82, 2.24) is 4.98 Å². The number of pyridine rings is 1. The number of benzene rings is 1. The smallest absolute Gasteiger partial charge is 0.291 e. The Morgan fingerprint density at radius 1 is 1.52 bits per heavy atom. The summed E-state index contributed by atoms with van der Waals surface area (Å²) < 4.78 is 0.563. The zero-order chi connectivity index (χ0) is 15.4. The second-order valence-corrected chi connectivity index (χ2v) is 5.15. The fourth-order valence-electron chi connectivity index (χ4n) is 1.81. The highest BCUT2D eigenvalue weighted by Crippen LogP contribution is 2.30. The molecule has 21 heavy (non-hydrogen) atoms. The van der Waals surface area contributed by atoms with Crippen LogP contribution in [0.15, 0.2) is 34.9 Å². The number of nitrogens with one attached hydrogen (secondary N) is 1. The Morgan fingerprint density at radius 2 is 2.29 bits per heavy atom. The van der Waals surface area contributed by atoms with Gasteiger partial charge in [0.2, 0.25) is 0 Å². The summed E-state index contributed by atoms with van der Waals surface area (Å²) >= 11 is 3.32. The molecule has 0 radical (unpaired) electrons. The summed E-state index contributed by atoms with van der Waals surface area (Å²) in [6.45, 7) is 2.13. The van der Waals surface area contributed by atoms with Crippen LogP contribution in [0.2, 0.25) is 0 Å². The average Bonchev–Trinajstić information content (AvgIpc) is 2.48. The standard InChI is InChI=1S/C14H11BrN4O2/c1-9-12(19(20)21)8-18-14(13(9)15)17-7-11-4-2-3-10(5-11)6-16/h2-5,8H,7H2,1H3,(H,17,18). The fraction of sp³-hybridized carbons (Fsp3) is 0.143. The number of rotatable bonds is 4. The maximum Gasteiger partial charge on any atom is 0.291 e. The van der Waals surface area contributed by atoms with Gasteiger partial charge in [0.05, 0.1) is 21.0 Å². The third-order valence-corrected chi connectivity index (χ3v) is 3.92. The lowest BCUT2D eigenvalue weighted by Gasteiger charge is -2.09. The van der Waals surface area contributed by atoms with E-state index in [9.17, 15) is 10.1 Å². The van der Waals surface area contributed by atoms with Crippen LogP contribution < -0.4 is 5.32 Å². The third-order valence-electron chi connectivity index (χ3n) is 2.95. The molecule has 2 aromatic rings. The highest BCUT2D eigenvalue weighted by molar-refractivity contribution is 9.10. The van der Waals surface area contributed by atoms with Gasteiger partial charge in [-0.3, -0.25) is 10.1 Å². The van der Waals surface area contributed by atoms with Crippen molar-refractivity contribution < 1.29 is 4.92 Å². The predicted octanol–water partition coefficient (Wildman–Crippen LogP) is 3.54. The van der Waals surface area contributed by atoms with Crippen molar-refractivity contribution in [3.05, 3.63) is 61.7 Å². The van der Waals surface area contributed by atoms with Gasteiger partial charge in [0.25, 0.3) is 5.69 Å². The van der Waals surface area contributed by atoms with E-state index in [1.807, 2.05) is 6.07 Å². The molecule has 0 amide bonds. The second kappa shape index (κ2) is 6.33. The van der Waals surface area contributed by atoms with E-state index < -0.39 is 4.92 Å². The average molecular weight is 347 g/mol. The van der Waals surface area contributed by atoms with Gasteiger partial charge in [0.1, 0.15) is 12.0 Å². The molecule has 0 spiro atoms. The Kier molecular flexibility index (Phi) is 4.50. The van der Waals surface area contributed by atoms with E-state index in [-0.39, 0.29) is 5.69 Å². The maximum atomic E-state index is 10.8. The molecular weight excluding hydrogens is 336 g/mol. The Hall–Kier alpha value is -2.46. The van der Waals surface area contributed by atoms with Crippen molar-refractivity contribution in [2.24, 2.45) is 0 Å². The van der Waals surface area contributed by atoms with Crippen molar-refractivity contribution in [1.29, 1.82) is 5.26 Å². The van der Waals surface area contributed by atoms with Gasteiger partial charge < -0.3 is 5.32 Å². The lowest BCUT2D eigenvalue weighted by atomic mass is 10.1. The van der Waals surface area contributed by atoms with Crippen LogP contribution in [0, 0.1) is 28.4 Å². The molecule has 0 saturated heterocycles. The number of anilines is 1. The predicted molar refractivity (Wildman–Crippen MR) is 81.8 cm³/mol. The summed E-state index contributed by atoms with van der Waals surface area (Å²) in [5.41, 5.74) is 2.00. The van der Waals surface area contributed by atoms with Crippen LogP contribution in [0.5, 0.6) is 0 Å².